The highest BCUT2D eigenvalue weighted by molar-refractivity contribution is 6.30. The van der Waals surface area contributed by atoms with Crippen molar-refractivity contribution in [1.82, 2.24) is 14.0 Å². The van der Waals surface area contributed by atoms with Crippen molar-refractivity contribution in [3.8, 4) is 16.8 Å². The van der Waals surface area contributed by atoms with Crippen LogP contribution < -0.4 is 0 Å². The van der Waals surface area contributed by atoms with Gasteiger partial charge in [0.1, 0.15) is 5.69 Å². The van der Waals surface area contributed by atoms with E-state index in [1.165, 1.54) is 0 Å². The fraction of sp³-hybridized carbons (Fsp3) is 0.286. The van der Waals surface area contributed by atoms with Gasteiger partial charge in [-0.1, -0.05) is 23.7 Å². The Labute approximate surface area is 158 Å². The number of carbonyl (C=O) groups is 1. The van der Waals surface area contributed by atoms with E-state index in [9.17, 15) is 4.79 Å². The Hall–Kier alpha value is -2.46. The van der Waals surface area contributed by atoms with Crippen LogP contribution in [-0.4, -0.2) is 33.0 Å². The number of hydrogen-bond donors (Lipinski definition) is 0. The summed E-state index contributed by atoms with van der Waals surface area (Å²) in [5.74, 6) is 0.119. The van der Waals surface area contributed by atoms with Crippen molar-refractivity contribution in [3.63, 3.8) is 0 Å². The summed E-state index contributed by atoms with van der Waals surface area (Å²) in [6.45, 7) is 4.51. The normalized spacial score (nSPS) is 14.2. The number of aromatic nitrogens is 2. The maximum Gasteiger partial charge on any atom is 0.272 e. The largest absolute Gasteiger partial charge is 0.341 e. The zero-order valence-corrected chi connectivity index (χ0v) is 15.6. The highest BCUT2D eigenvalue weighted by atomic mass is 35.5. The second kappa shape index (κ2) is 7.04. The molecule has 0 radical (unpaired) electrons. The Balaban J connectivity index is 1.92. The van der Waals surface area contributed by atoms with E-state index in [0.29, 0.717) is 5.02 Å². The maximum atomic E-state index is 13.3. The van der Waals surface area contributed by atoms with Gasteiger partial charge < -0.3 is 14.0 Å². The summed E-state index contributed by atoms with van der Waals surface area (Å²) in [6.07, 6.45) is 8.25. The van der Waals surface area contributed by atoms with Gasteiger partial charge in [-0.2, -0.15) is 0 Å². The first kappa shape index (κ1) is 17.0. The monoisotopic (exact) mass is 367 g/mol. The molecule has 0 saturated carbocycles. The third-order valence-corrected chi connectivity index (χ3v) is 5.26. The molecule has 1 fully saturated rings. The minimum atomic E-state index is 0.119. The SMILES string of the molecule is CCn1cc(-c2ccc(Cl)cc2)c(-n2cccc2)c1C(=O)N1CCCC1. The zero-order chi connectivity index (χ0) is 18.1. The zero-order valence-electron chi connectivity index (χ0n) is 14.9. The number of hydrogen-bond acceptors (Lipinski definition) is 1. The summed E-state index contributed by atoms with van der Waals surface area (Å²) in [6, 6.07) is 11.8. The van der Waals surface area contributed by atoms with Gasteiger partial charge in [-0.3, -0.25) is 4.79 Å². The van der Waals surface area contributed by atoms with E-state index in [2.05, 4.69) is 17.7 Å². The predicted molar refractivity (Wildman–Crippen MR) is 105 cm³/mol. The third-order valence-electron chi connectivity index (χ3n) is 5.01. The van der Waals surface area contributed by atoms with Gasteiger partial charge in [-0.05, 0) is 49.6 Å². The van der Waals surface area contributed by atoms with Gasteiger partial charge in [0.05, 0.1) is 5.69 Å². The lowest BCUT2D eigenvalue weighted by Crippen LogP contribution is -2.30. The molecule has 0 spiro atoms. The first-order chi connectivity index (χ1) is 12.7. The van der Waals surface area contributed by atoms with Crippen LogP contribution in [0, 0.1) is 0 Å². The molecule has 1 aliphatic heterocycles. The molecule has 0 N–H and O–H groups in total. The molecule has 4 rings (SSSR count). The first-order valence-corrected chi connectivity index (χ1v) is 9.48. The van der Waals surface area contributed by atoms with E-state index >= 15 is 0 Å². The average Bonchev–Trinajstić information content (AvgIpc) is 3.40. The number of halogens is 1. The summed E-state index contributed by atoms with van der Waals surface area (Å²) in [5, 5.41) is 0.708. The van der Waals surface area contributed by atoms with Crippen LogP contribution in [0.5, 0.6) is 0 Å². The number of carbonyl (C=O) groups excluding carboxylic acids is 1. The van der Waals surface area contributed by atoms with Crippen LogP contribution in [-0.2, 0) is 6.54 Å². The van der Waals surface area contributed by atoms with Gasteiger partial charge in [-0.25, -0.2) is 0 Å². The Bertz CT molecular complexity index is 904. The van der Waals surface area contributed by atoms with E-state index < -0.39 is 0 Å². The molecule has 3 aromatic rings. The van der Waals surface area contributed by atoms with Crippen LogP contribution in [0.15, 0.2) is 55.0 Å². The number of amides is 1. The summed E-state index contributed by atoms with van der Waals surface area (Å²) >= 11 is 6.07. The van der Waals surface area contributed by atoms with Crippen molar-refractivity contribution >= 4 is 17.5 Å². The fourth-order valence-electron chi connectivity index (χ4n) is 3.67. The van der Waals surface area contributed by atoms with Gasteiger partial charge in [0, 0.05) is 48.8 Å². The van der Waals surface area contributed by atoms with Crippen LogP contribution in [0.4, 0.5) is 0 Å². The Morgan fingerprint density at radius 1 is 1.08 bits per heavy atom. The van der Waals surface area contributed by atoms with Gasteiger partial charge in [0.25, 0.3) is 5.91 Å². The van der Waals surface area contributed by atoms with Crippen molar-refractivity contribution < 1.29 is 4.79 Å². The second-order valence-electron chi connectivity index (χ2n) is 6.62. The molecule has 4 nitrogen and oxygen atoms in total. The van der Waals surface area contributed by atoms with Crippen molar-refractivity contribution in [3.05, 3.63) is 65.7 Å². The summed E-state index contributed by atoms with van der Waals surface area (Å²) in [7, 11) is 0. The van der Waals surface area contributed by atoms with Crippen molar-refractivity contribution in [2.24, 2.45) is 0 Å². The van der Waals surface area contributed by atoms with E-state index in [1.807, 2.05) is 58.3 Å². The Kier molecular flexibility index (Phi) is 4.60. The lowest BCUT2D eigenvalue weighted by molar-refractivity contribution is 0.0782. The number of aryl methyl sites for hydroxylation is 1. The van der Waals surface area contributed by atoms with Gasteiger partial charge >= 0.3 is 0 Å². The number of nitrogens with zero attached hydrogens (tertiary/aromatic N) is 3. The molecular formula is C21H22ClN3O. The molecule has 3 heterocycles. The Morgan fingerprint density at radius 3 is 2.35 bits per heavy atom. The molecule has 5 heteroatoms. The molecular weight excluding hydrogens is 346 g/mol. The van der Waals surface area contributed by atoms with Crippen LogP contribution in [0.2, 0.25) is 5.02 Å². The van der Waals surface area contributed by atoms with E-state index in [4.69, 9.17) is 11.6 Å². The predicted octanol–water partition coefficient (Wildman–Crippen LogP) is 4.86. The molecule has 2 aromatic heterocycles. The average molecular weight is 368 g/mol. The maximum absolute atomic E-state index is 13.3. The number of likely N-dealkylation sites (tertiary alicyclic amines) is 1. The molecule has 134 valence electrons. The molecule has 1 aliphatic rings. The molecule has 26 heavy (non-hydrogen) atoms. The second-order valence-corrected chi connectivity index (χ2v) is 7.06. The molecule has 0 atom stereocenters. The van der Waals surface area contributed by atoms with Gasteiger partial charge in [-0.15, -0.1) is 0 Å². The number of rotatable bonds is 4. The molecule has 1 aromatic carbocycles. The van der Waals surface area contributed by atoms with Crippen LogP contribution in [0.25, 0.3) is 16.8 Å². The summed E-state index contributed by atoms with van der Waals surface area (Å²) in [4.78, 5) is 15.3. The topological polar surface area (TPSA) is 30.2 Å². The smallest absolute Gasteiger partial charge is 0.272 e. The van der Waals surface area contributed by atoms with Crippen LogP contribution in [0.1, 0.15) is 30.3 Å². The van der Waals surface area contributed by atoms with Gasteiger partial charge in [0.2, 0.25) is 0 Å². The van der Waals surface area contributed by atoms with Gasteiger partial charge in [0.15, 0.2) is 0 Å². The quantitative estimate of drug-likeness (QED) is 0.648. The first-order valence-electron chi connectivity index (χ1n) is 9.10. The van der Waals surface area contributed by atoms with E-state index in [1.54, 1.807) is 0 Å². The standard InChI is InChI=1S/C21H22ClN3O/c1-2-23-15-18(16-7-9-17(22)10-8-16)19(24-11-3-4-12-24)20(23)21(26)25-13-5-6-14-25/h3-4,7-12,15H,2,5-6,13-14H2,1H3. The summed E-state index contributed by atoms with van der Waals surface area (Å²) in [5.41, 5.74) is 3.80. The molecule has 0 unspecified atom stereocenters. The minimum absolute atomic E-state index is 0.119. The molecule has 1 amide bonds. The molecule has 1 saturated heterocycles. The lowest BCUT2D eigenvalue weighted by atomic mass is 10.1. The van der Waals surface area contributed by atoms with Crippen LogP contribution in [0.3, 0.4) is 0 Å². The van der Waals surface area contributed by atoms with Crippen molar-refractivity contribution in [2.45, 2.75) is 26.3 Å². The van der Waals surface area contributed by atoms with E-state index in [-0.39, 0.29) is 5.91 Å². The highest BCUT2D eigenvalue weighted by Gasteiger charge is 2.28. The van der Waals surface area contributed by atoms with E-state index in [0.717, 1.165) is 55.0 Å². The summed E-state index contributed by atoms with van der Waals surface area (Å²) < 4.78 is 4.11. The lowest BCUT2D eigenvalue weighted by Gasteiger charge is -2.18. The molecule has 0 bridgehead atoms. The Morgan fingerprint density at radius 2 is 1.73 bits per heavy atom. The van der Waals surface area contributed by atoms with Crippen molar-refractivity contribution in [1.29, 1.82) is 0 Å². The third kappa shape index (κ3) is 2.95. The number of benzene rings is 1. The highest BCUT2D eigenvalue weighted by Crippen LogP contribution is 2.34. The fourth-order valence-corrected chi connectivity index (χ4v) is 3.80. The van der Waals surface area contributed by atoms with Crippen LogP contribution >= 0.6 is 11.6 Å². The minimum Gasteiger partial charge on any atom is -0.341 e. The van der Waals surface area contributed by atoms with Crippen molar-refractivity contribution in [2.75, 3.05) is 13.1 Å². The molecule has 0 aliphatic carbocycles.